The Morgan fingerprint density at radius 1 is 1.20 bits per heavy atom. The number of rotatable bonds is 3. The van der Waals surface area contributed by atoms with Crippen molar-refractivity contribution >= 4 is 16.8 Å². The molecule has 128 valence electrons. The Morgan fingerprint density at radius 3 is 2.52 bits per heavy atom. The molecular formula is C18H15FN3O2S-. The standard InChI is InChI=1S/C11H11NO2S.C7H5FN2/c13-15(14)11-8-12-7-10(11)6-9-4-2-1-3-5-9;8-6-3-5(4-9)1-2-7(6)10/h1-5,7-8,12H,6H2,(H,13,14);1-3H,10H2/p-1. The van der Waals surface area contributed by atoms with Crippen LogP contribution in [0.5, 0.6) is 0 Å². The normalized spacial score (nSPS) is 11.1. The Balaban J connectivity index is 0.000000196. The van der Waals surface area contributed by atoms with E-state index in [1.807, 2.05) is 30.3 Å². The highest BCUT2D eigenvalue weighted by molar-refractivity contribution is 7.79. The zero-order chi connectivity index (χ0) is 18.2. The molecule has 1 aromatic heterocycles. The second kappa shape index (κ2) is 8.78. The van der Waals surface area contributed by atoms with Crippen LogP contribution in [-0.2, 0) is 17.5 Å². The molecule has 5 nitrogen and oxygen atoms in total. The highest BCUT2D eigenvalue weighted by Crippen LogP contribution is 2.16. The summed E-state index contributed by atoms with van der Waals surface area (Å²) in [6.45, 7) is 0. The third kappa shape index (κ3) is 5.28. The molecule has 0 saturated heterocycles. The molecule has 0 amide bonds. The van der Waals surface area contributed by atoms with Crippen LogP contribution in [0.3, 0.4) is 0 Å². The number of aromatic amines is 1. The second-order valence-corrected chi connectivity index (χ2v) is 6.00. The molecule has 0 bridgehead atoms. The summed E-state index contributed by atoms with van der Waals surface area (Å²) in [4.78, 5) is 3.15. The Morgan fingerprint density at radius 2 is 1.92 bits per heavy atom. The van der Waals surface area contributed by atoms with E-state index in [4.69, 9.17) is 11.0 Å². The van der Waals surface area contributed by atoms with Gasteiger partial charge in [-0.2, -0.15) is 5.26 Å². The van der Waals surface area contributed by atoms with Gasteiger partial charge >= 0.3 is 0 Å². The molecule has 0 aliphatic heterocycles. The van der Waals surface area contributed by atoms with E-state index < -0.39 is 16.9 Å². The van der Waals surface area contributed by atoms with Gasteiger partial charge < -0.3 is 15.3 Å². The molecule has 2 aromatic carbocycles. The van der Waals surface area contributed by atoms with Crippen molar-refractivity contribution in [1.82, 2.24) is 4.98 Å². The number of hydrogen-bond acceptors (Lipinski definition) is 4. The van der Waals surface area contributed by atoms with E-state index in [0.29, 0.717) is 11.3 Å². The van der Waals surface area contributed by atoms with E-state index in [0.717, 1.165) is 17.2 Å². The minimum Gasteiger partial charge on any atom is -0.768 e. The summed E-state index contributed by atoms with van der Waals surface area (Å²) in [7, 11) is 0. The van der Waals surface area contributed by atoms with Crippen molar-refractivity contribution in [2.75, 3.05) is 5.73 Å². The number of halogens is 1. The third-order valence-corrected chi connectivity index (χ3v) is 4.07. The summed E-state index contributed by atoms with van der Waals surface area (Å²) in [5, 5.41) is 8.30. The second-order valence-electron chi connectivity index (χ2n) is 5.09. The zero-order valence-corrected chi connectivity index (χ0v) is 13.9. The van der Waals surface area contributed by atoms with Gasteiger partial charge in [0.05, 0.1) is 17.3 Å². The summed E-state index contributed by atoms with van der Waals surface area (Å²) in [5.74, 6) is -0.543. The van der Waals surface area contributed by atoms with E-state index in [9.17, 15) is 13.2 Å². The fourth-order valence-corrected chi connectivity index (χ4v) is 2.60. The van der Waals surface area contributed by atoms with Crippen LogP contribution in [0.4, 0.5) is 10.1 Å². The molecule has 3 N–H and O–H groups in total. The first-order valence-electron chi connectivity index (χ1n) is 7.25. The van der Waals surface area contributed by atoms with Gasteiger partial charge in [0.25, 0.3) is 0 Å². The first-order valence-corrected chi connectivity index (χ1v) is 8.32. The maximum Gasteiger partial charge on any atom is 0.147 e. The number of aromatic nitrogens is 1. The summed E-state index contributed by atoms with van der Waals surface area (Å²) < 4.78 is 34.2. The van der Waals surface area contributed by atoms with Gasteiger partial charge in [0.1, 0.15) is 5.82 Å². The number of benzene rings is 2. The number of H-pyrrole nitrogens is 1. The van der Waals surface area contributed by atoms with Crippen LogP contribution in [0.15, 0.2) is 65.8 Å². The van der Waals surface area contributed by atoms with Gasteiger partial charge in [0, 0.05) is 23.7 Å². The summed E-state index contributed by atoms with van der Waals surface area (Å²) >= 11 is -2.16. The maximum atomic E-state index is 12.5. The number of nitrogens with two attached hydrogens (primary N) is 1. The number of nitrogens with zero attached hydrogens (tertiary/aromatic N) is 1. The van der Waals surface area contributed by atoms with Crippen LogP contribution in [0.1, 0.15) is 16.7 Å². The van der Waals surface area contributed by atoms with Crippen LogP contribution in [0.2, 0.25) is 0 Å². The summed E-state index contributed by atoms with van der Waals surface area (Å²) in [5.41, 5.74) is 7.41. The Kier molecular flexibility index (Phi) is 6.46. The number of nitrogens with one attached hydrogen (secondary N) is 1. The Labute approximate surface area is 147 Å². The van der Waals surface area contributed by atoms with Crippen molar-refractivity contribution in [3.05, 3.63) is 83.4 Å². The van der Waals surface area contributed by atoms with Crippen LogP contribution in [-0.4, -0.2) is 13.7 Å². The van der Waals surface area contributed by atoms with Gasteiger partial charge in [-0.05, 0) is 40.4 Å². The molecule has 0 fully saturated rings. The fraction of sp³-hybridized carbons (Fsp3) is 0.0556. The lowest BCUT2D eigenvalue weighted by atomic mass is 10.1. The molecular weight excluding hydrogens is 341 g/mol. The monoisotopic (exact) mass is 356 g/mol. The Bertz CT molecular complexity index is 904. The zero-order valence-electron chi connectivity index (χ0n) is 13.1. The van der Waals surface area contributed by atoms with Gasteiger partial charge in [-0.3, -0.25) is 4.21 Å². The Hall–Kier alpha value is -2.95. The largest absolute Gasteiger partial charge is 0.768 e. The number of nitrogen functional groups attached to an aromatic ring is 1. The minimum atomic E-state index is -2.16. The fourth-order valence-electron chi connectivity index (χ4n) is 2.09. The SMILES string of the molecule is N#Cc1ccc(N)c(F)c1.O=S([O-])c1c[nH]cc1Cc1ccccc1. The van der Waals surface area contributed by atoms with Crippen LogP contribution >= 0.6 is 0 Å². The average molecular weight is 356 g/mol. The van der Waals surface area contributed by atoms with E-state index in [2.05, 4.69) is 4.98 Å². The van der Waals surface area contributed by atoms with Gasteiger partial charge in [-0.1, -0.05) is 30.3 Å². The smallest absolute Gasteiger partial charge is 0.147 e. The lowest BCUT2D eigenvalue weighted by molar-refractivity contribution is 0.536. The minimum absolute atomic E-state index is 0.0685. The molecule has 0 aliphatic carbocycles. The predicted octanol–water partition coefficient (Wildman–Crippen LogP) is 3.12. The van der Waals surface area contributed by atoms with Crippen LogP contribution in [0, 0.1) is 17.1 Å². The lowest BCUT2D eigenvalue weighted by Crippen LogP contribution is -1.93. The van der Waals surface area contributed by atoms with Crippen molar-refractivity contribution in [1.29, 1.82) is 5.26 Å². The maximum absolute atomic E-state index is 12.5. The van der Waals surface area contributed by atoms with E-state index >= 15 is 0 Å². The van der Waals surface area contributed by atoms with Gasteiger partial charge in [-0.25, -0.2) is 4.39 Å². The van der Waals surface area contributed by atoms with Crippen molar-refractivity contribution < 1.29 is 13.2 Å². The number of nitriles is 1. The van der Waals surface area contributed by atoms with Gasteiger partial charge in [0.2, 0.25) is 0 Å². The quantitative estimate of drug-likeness (QED) is 0.555. The van der Waals surface area contributed by atoms with Crippen molar-refractivity contribution in [3.63, 3.8) is 0 Å². The van der Waals surface area contributed by atoms with E-state index in [1.165, 1.54) is 18.3 Å². The molecule has 1 unspecified atom stereocenters. The number of anilines is 1. The predicted molar refractivity (Wildman–Crippen MR) is 92.8 cm³/mol. The molecule has 1 heterocycles. The molecule has 25 heavy (non-hydrogen) atoms. The summed E-state index contributed by atoms with van der Waals surface area (Å²) in [6, 6.07) is 15.5. The molecule has 0 saturated carbocycles. The average Bonchev–Trinajstić information content (AvgIpc) is 3.07. The molecule has 0 spiro atoms. The first-order chi connectivity index (χ1) is 12.0. The van der Waals surface area contributed by atoms with Gasteiger partial charge in [0.15, 0.2) is 0 Å². The highest BCUT2D eigenvalue weighted by atomic mass is 32.2. The van der Waals surface area contributed by atoms with Crippen LogP contribution < -0.4 is 5.73 Å². The van der Waals surface area contributed by atoms with Crippen molar-refractivity contribution in [2.45, 2.75) is 11.3 Å². The van der Waals surface area contributed by atoms with E-state index in [1.54, 1.807) is 12.3 Å². The van der Waals surface area contributed by atoms with Gasteiger partial charge in [-0.15, -0.1) is 0 Å². The van der Waals surface area contributed by atoms with E-state index in [-0.39, 0.29) is 11.3 Å². The molecule has 0 aliphatic rings. The summed E-state index contributed by atoms with van der Waals surface area (Å²) in [6.07, 6.45) is 3.85. The third-order valence-electron chi connectivity index (χ3n) is 3.33. The topological polar surface area (TPSA) is 106 Å². The molecule has 1 atom stereocenters. The molecule has 3 rings (SSSR count). The molecule has 7 heteroatoms. The highest BCUT2D eigenvalue weighted by Gasteiger charge is 2.04. The number of hydrogen-bond donors (Lipinski definition) is 2. The molecule has 3 aromatic rings. The molecule has 0 radical (unpaired) electrons. The lowest BCUT2D eigenvalue weighted by Gasteiger charge is -2.06. The first kappa shape index (κ1) is 18.4. The van der Waals surface area contributed by atoms with Crippen LogP contribution in [0.25, 0.3) is 0 Å². The van der Waals surface area contributed by atoms with Crippen molar-refractivity contribution in [2.24, 2.45) is 0 Å². The van der Waals surface area contributed by atoms with Crippen molar-refractivity contribution in [3.8, 4) is 6.07 Å².